The molecule has 88 valence electrons. The van der Waals surface area contributed by atoms with E-state index >= 15 is 0 Å². The number of unbranched alkanes of at least 4 members (excludes halogenated alkanes) is 2. The van der Waals surface area contributed by atoms with Crippen molar-refractivity contribution in [2.24, 2.45) is 0 Å². The molecule has 2 rings (SSSR count). The van der Waals surface area contributed by atoms with E-state index in [1.165, 1.54) is 0 Å². The van der Waals surface area contributed by atoms with Crippen LogP contribution < -0.4 is 11.2 Å². The molecule has 0 fully saturated rings. The number of aromatic nitrogens is 2. The van der Waals surface area contributed by atoms with Crippen LogP contribution in [0.2, 0.25) is 0 Å². The maximum atomic E-state index is 11.6. The standard InChI is InChI=1S/C11H17N3O2/c1-2-3-4-6-14-8-9-5-7-16-13-10(9)12-11(14)15/h8H,2-7H2,1H3,(H,12,13,15). The van der Waals surface area contributed by atoms with Crippen molar-refractivity contribution >= 4 is 5.82 Å². The molecule has 1 aliphatic rings. The van der Waals surface area contributed by atoms with E-state index in [1.54, 1.807) is 4.57 Å². The van der Waals surface area contributed by atoms with Crippen molar-refractivity contribution in [1.29, 1.82) is 0 Å². The van der Waals surface area contributed by atoms with E-state index < -0.39 is 0 Å². The Morgan fingerprint density at radius 1 is 1.56 bits per heavy atom. The molecule has 5 heteroatoms. The van der Waals surface area contributed by atoms with Gasteiger partial charge >= 0.3 is 5.69 Å². The zero-order valence-electron chi connectivity index (χ0n) is 9.53. The van der Waals surface area contributed by atoms with Gasteiger partial charge in [-0.3, -0.25) is 9.40 Å². The Balaban J connectivity index is 2.16. The van der Waals surface area contributed by atoms with Gasteiger partial charge in [0.1, 0.15) is 0 Å². The molecule has 2 heterocycles. The minimum atomic E-state index is -0.201. The van der Waals surface area contributed by atoms with Crippen LogP contribution in [-0.2, 0) is 17.8 Å². The van der Waals surface area contributed by atoms with Crippen molar-refractivity contribution in [3.05, 3.63) is 22.2 Å². The van der Waals surface area contributed by atoms with E-state index in [2.05, 4.69) is 17.4 Å². The van der Waals surface area contributed by atoms with Crippen molar-refractivity contribution in [1.82, 2.24) is 9.55 Å². The van der Waals surface area contributed by atoms with E-state index in [1.807, 2.05) is 6.20 Å². The molecule has 0 radical (unpaired) electrons. The summed E-state index contributed by atoms with van der Waals surface area (Å²) in [6.45, 7) is 3.53. The first-order valence-electron chi connectivity index (χ1n) is 5.79. The summed E-state index contributed by atoms with van der Waals surface area (Å²) in [7, 11) is 0. The predicted octanol–water partition coefficient (Wildman–Crippen LogP) is 1.33. The highest BCUT2D eigenvalue weighted by Crippen LogP contribution is 2.14. The maximum Gasteiger partial charge on any atom is 0.349 e. The molecular formula is C11H17N3O2. The highest BCUT2D eigenvalue weighted by molar-refractivity contribution is 5.41. The number of rotatable bonds is 4. The molecule has 1 aromatic rings. The first-order valence-corrected chi connectivity index (χ1v) is 5.79. The summed E-state index contributed by atoms with van der Waals surface area (Å²) >= 11 is 0. The number of fused-ring (bicyclic) bond motifs is 1. The molecule has 0 saturated heterocycles. The molecule has 1 N–H and O–H groups in total. The van der Waals surface area contributed by atoms with Gasteiger partial charge in [-0.1, -0.05) is 19.8 Å². The number of hydrogen-bond acceptors (Lipinski definition) is 4. The highest BCUT2D eigenvalue weighted by Gasteiger charge is 2.12. The first kappa shape index (κ1) is 11.1. The molecule has 1 aliphatic heterocycles. The number of nitrogens with zero attached hydrogens (tertiary/aromatic N) is 2. The SMILES string of the molecule is CCCCCn1cc2c(nc1=O)NOCC2. The largest absolute Gasteiger partial charge is 0.349 e. The molecule has 0 unspecified atom stereocenters. The molecule has 0 aromatic carbocycles. The fourth-order valence-corrected chi connectivity index (χ4v) is 1.78. The van der Waals surface area contributed by atoms with Crippen LogP contribution in [0.4, 0.5) is 5.82 Å². The molecular weight excluding hydrogens is 206 g/mol. The summed E-state index contributed by atoms with van der Waals surface area (Å²) in [6.07, 6.45) is 6.04. The third kappa shape index (κ3) is 2.41. The second kappa shape index (κ2) is 5.12. The molecule has 16 heavy (non-hydrogen) atoms. The Bertz CT molecular complexity index is 414. The normalized spacial score (nSPS) is 14.3. The predicted molar refractivity (Wildman–Crippen MR) is 61.3 cm³/mol. The van der Waals surface area contributed by atoms with Crippen molar-refractivity contribution in [3.8, 4) is 0 Å². The summed E-state index contributed by atoms with van der Waals surface area (Å²) in [6, 6.07) is 0. The Labute approximate surface area is 94.4 Å². The van der Waals surface area contributed by atoms with Crippen molar-refractivity contribution < 1.29 is 4.84 Å². The van der Waals surface area contributed by atoms with Crippen LogP contribution >= 0.6 is 0 Å². The Kier molecular flexibility index (Phi) is 3.56. The van der Waals surface area contributed by atoms with Crippen LogP contribution in [0.3, 0.4) is 0 Å². The van der Waals surface area contributed by atoms with Gasteiger partial charge in [-0.25, -0.2) is 10.3 Å². The molecule has 0 spiro atoms. The molecule has 0 atom stereocenters. The second-order valence-corrected chi connectivity index (χ2v) is 4.00. The van der Waals surface area contributed by atoms with Crippen LogP contribution in [0.25, 0.3) is 0 Å². The molecule has 0 bridgehead atoms. The van der Waals surface area contributed by atoms with E-state index in [4.69, 9.17) is 4.84 Å². The van der Waals surface area contributed by atoms with Gasteiger partial charge < -0.3 is 0 Å². The molecule has 0 aliphatic carbocycles. The third-order valence-electron chi connectivity index (χ3n) is 2.71. The topological polar surface area (TPSA) is 56.2 Å². The van der Waals surface area contributed by atoms with Crippen LogP contribution in [0.1, 0.15) is 31.7 Å². The summed E-state index contributed by atoms with van der Waals surface area (Å²) in [5.41, 5.74) is 3.53. The molecule has 5 nitrogen and oxygen atoms in total. The van der Waals surface area contributed by atoms with Gasteiger partial charge in [0.05, 0.1) is 6.61 Å². The quantitative estimate of drug-likeness (QED) is 0.782. The molecule has 0 amide bonds. The minimum absolute atomic E-state index is 0.201. The smallest absolute Gasteiger partial charge is 0.299 e. The number of aryl methyl sites for hydroxylation is 1. The van der Waals surface area contributed by atoms with Gasteiger partial charge in [-0.2, -0.15) is 4.98 Å². The maximum absolute atomic E-state index is 11.6. The van der Waals surface area contributed by atoms with E-state index in [-0.39, 0.29) is 5.69 Å². The molecule has 0 saturated carbocycles. The fraction of sp³-hybridized carbons (Fsp3) is 0.636. The van der Waals surface area contributed by atoms with Crippen molar-refractivity contribution in [2.45, 2.75) is 39.2 Å². The van der Waals surface area contributed by atoms with Gasteiger partial charge in [0, 0.05) is 24.7 Å². The third-order valence-corrected chi connectivity index (χ3v) is 2.71. The number of nitrogens with one attached hydrogen (secondary N) is 1. The lowest BCUT2D eigenvalue weighted by Crippen LogP contribution is -2.28. The van der Waals surface area contributed by atoms with E-state index in [9.17, 15) is 4.79 Å². The van der Waals surface area contributed by atoms with Gasteiger partial charge in [0.25, 0.3) is 0 Å². The summed E-state index contributed by atoms with van der Waals surface area (Å²) < 4.78 is 1.70. The second-order valence-electron chi connectivity index (χ2n) is 4.00. The van der Waals surface area contributed by atoms with Crippen LogP contribution in [0.15, 0.2) is 11.0 Å². The van der Waals surface area contributed by atoms with E-state index in [0.29, 0.717) is 12.4 Å². The van der Waals surface area contributed by atoms with Crippen LogP contribution in [0.5, 0.6) is 0 Å². The molecule has 1 aromatic heterocycles. The summed E-state index contributed by atoms with van der Waals surface area (Å²) in [5, 5.41) is 0. The summed E-state index contributed by atoms with van der Waals surface area (Å²) in [4.78, 5) is 20.6. The Hall–Kier alpha value is -1.36. The monoisotopic (exact) mass is 223 g/mol. The van der Waals surface area contributed by atoms with Gasteiger partial charge in [-0.15, -0.1) is 0 Å². The lowest BCUT2D eigenvalue weighted by molar-refractivity contribution is 0.184. The average molecular weight is 223 g/mol. The zero-order chi connectivity index (χ0) is 11.4. The lowest BCUT2D eigenvalue weighted by Gasteiger charge is -2.17. The van der Waals surface area contributed by atoms with Gasteiger partial charge in [0.2, 0.25) is 0 Å². The number of hydrogen-bond donors (Lipinski definition) is 1. The highest BCUT2D eigenvalue weighted by atomic mass is 16.6. The zero-order valence-corrected chi connectivity index (χ0v) is 9.53. The summed E-state index contributed by atoms with van der Waals surface area (Å²) in [5.74, 6) is 0.572. The van der Waals surface area contributed by atoms with Gasteiger partial charge in [-0.05, 0) is 6.42 Å². The van der Waals surface area contributed by atoms with Crippen LogP contribution in [-0.4, -0.2) is 16.2 Å². The average Bonchev–Trinajstić information content (AvgIpc) is 2.30. The lowest BCUT2D eigenvalue weighted by atomic mass is 10.2. The van der Waals surface area contributed by atoms with Crippen molar-refractivity contribution in [2.75, 3.05) is 12.1 Å². The van der Waals surface area contributed by atoms with Gasteiger partial charge in [0.15, 0.2) is 5.82 Å². The number of anilines is 1. The first-order chi connectivity index (χ1) is 7.81. The fourth-order valence-electron chi connectivity index (χ4n) is 1.78. The minimum Gasteiger partial charge on any atom is -0.299 e. The van der Waals surface area contributed by atoms with Crippen LogP contribution in [0, 0.1) is 0 Å². The van der Waals surface area contributed by atoms with E-state index in [0.717, 1.165) is 37.8 Å². The van der Waals surface area contributed by atoms with Crippen molar-refractivity contribution in [3.63, 3.8) is 0 Å². The Morgan fingerprint density at radius 3 is 3.25 bits per heavy atom. The Morgan fingerprint density at radius 2 is 2.44 bits per heavy atom.